The number of thiophene rings is 1. The second-order valence-electron chi connectivity index (χ2n) is 6.97. The van der Waals surface area contributed by atoms with Gasteiger partial charge < -0.3 is 14.8 Å². The summed E-state index contributed by atoms with van der Waals surface area (Å²) in [6, 6.07) is 8.45. The summed E-state index contributed by atoms with van der Waals surface area (Å²) in [6.45, 7) is 3.72. The molecule has 0 fully saturated rings. The molecule has 1 atom stereocenters. The van der Waals surface area contributed by atoms with Gasteiger partial charge in [-0.05, 0) is 55.9 Å². The first-order valence-corrected chi connectivity index (χ1v) is 10.7. The van der Waals surface area contributed by atoms with E-state index in [-0.39, 0.29) is 12.2 Å². The van der Waals surface area contributed by atoms with E-state index in [1.54, 1.807) is 31.2 Å². The number of anilines is 1. The number of hydrogen-bond donors (Lipinski definition) is 1. The number of para-hydroxylation sites is 1. The number of rotatable bonds is 7. The molecule has 1 aliphatic rings. The Morgan fingerprint density at radius 1 is 1.14 bits per heavy atom. The normalized spacial score (nSPS) is 15.3. The lowest BCUT2D eigenvalue weighted by Crippen LogP contribution is -2.22. The third-order valence-corrected chi connectivity index (χ3v) is 6.21. The molecule has 7 heteroatoms. The second kappa shape index (κ2) is 9.69. The highest BCUT2D eigenvalue weighted by Gasteiger charge is 2.23. The van der Waals surface area contributed by atoms with Crippen molar-refractivity contribution in [1.82, 2.24) is 0 Å². The summed E-state index contributed by atoms with van der Waals surface area (Å²) in [4.78, 5) is 38.3. The van der Waals surface area contributed by atoms with Crippen molar-refractivity contribution in [3.63, 3.8) is 0 Å². The molecular weight excluding hydrogens is 390 g/mol. The van der Waals surface area contributed by atoms with Crippen LogP contribution in [0.1, 0.15) is 57.2 Å². The molecule has 2 aromatic rings. The number of fused-ring (bicyclic) bond motifs is 1. The summed E-state index contributed by atoms with van der Waals surface area (Å²) in [5.74, 6) is -0.852. The zero-order valence-electron chi connectivity index (χ0n) is 16.7. The van der Waals surface area contributed by atoms with Crippen LogP contribution in [-0.2, 0) is 27.1 Å². The highest BCUT2D eigenvalue weighted by atomic mass is 32.1. The van der Waals surface area contributed by atoms with Crippen LogP contribution in [0.2, 0.25) is 0 Å². The number of aryl methyl sites for hydroxylation is 1. The Bertz CT molecular complexity index is 904. The number of carbonyl (C=O) groups excluding carboxylic acids is 3. The maximum absolute atomic E-state index is 12.4. The Morgan fingerprint density at radius 3 is 2.69 bits per heavy atom. The topological polar surface area (TPSA) is 81.7 Å². The Balaban J connectivity index is 1.57. The molecule has 1 amide bonds. The second-order valence-corrected chi connectivity index (χ2v) is 8.10. The molecule has 6 nitrogen and oxygen atoms in total. The summed E-state index contributed by atoms with van der Waals surface area (Å²) in [5, 5.41) is 2.61. The SMILES string of the molecule is CCOC(=O)c1ccccc1NC(=O)COC(=O)c1cc2c(s1)CC[C@@H](CC)C2. The van der Waals surface area contributed by atoms with E-state index in [4.69, 9.17) is 9.47 Å². The first-order valence-electron chi connectivity index (χ1n) is 9.86. The molecule has 1 aromatic carbocycles. The van der Waals surface area contributed by atoms with Crippen LogP contribution in [0, 0.1) is 5.92 Å². The summed E-state index contributed by atoms with van der Waals surface area (Å²) < 4.78 is 10.2. The molecule has 0 radical (unpaired) electrons. The molecule has 29 heavy (non-hydrogen) atoms. The minimum absolute atomic E-state index is 0.239. The van der Waals surface area contributed by atoms with Gasteiger partial charge in [0, 0.05) is 4.88 Å². The molecular formula is C22H25NO5S. The Hall–Kier alpha value is -2.67. The molecule has 0 bridgehead atoms. The Labute approximate surface area is 174 Å². The fourth-order valence-corrected chi connectivity index (χ4v) is 4.52. The van der Waals surface area contributed by atoms with Crippen LogP contribution in [0.4, 0.5) is 5.69 Å². The standard InChI is InChI=1S/C22H25NO5S/c1-3-14-9-10-18-15(11-14)12-19(29-18)22(26)28-13-20(24)23-17-8-6-5-7-16(17)21(25)27-4-2/h5-8,12,14H,3-4,9-11,13H2,1-2H3,(H,23,24)/t14-/m1/s1. The number of ether oxygens (including phenoxy) is 2. The van der Waals surface area contributed by atoms with Crippen molar-refractivity contribution < 1.29 is 23.9 Å². The minimum atomic E-state index is -0.519. The Morgan fingerprint density at radius 2 is 1.93 bits per heavy atom. The van der Waals surface area contributed by atoms with Gasteiger partial charge in [0.2, 0.25) is 0 Å². The van der Waals surface area contributed by atoms with E-state index in [0.717, 1.165) is 25.7 Å². The van der Waals surface area contributed by atoms with Gasteiger partial charge in [-0.3, -0.25) is 4.79 Å². The van der Waals surface area contributed by atoms with Gasteiger partial charge in [0.15, 0.2) is 6.61 Å². The highest BCUT2D eigenvalue weighted by Crippen LogP contribution is 2.33. The third kappa shape index (κ3) is 5.23. The zero-order chi connectivity index (χ0) is 20.8. The van der Waals surface area contributed by atoms with Crippen LogP contribution in [0.15, 0.2) is 30.3 Å². The van der Waals surface area contributed by atoms with E-state index in [9.17, 15) is 14.4 Å². The highest BCUT2D eigenvalue weighted by molar-refractivity contribution is 7.14. The van der Waals surface area contributed by atoms with Crippen molar-refractivity contribution in [3.8, 4) is 0 Å². The van der Waals surface area contributed by atoms with E-state index >= 15 is 0 Å². The van der Waals surface area contributed by atoms with Crippen LogP contribution in [-0.4, -0.2) is 31.1 Å². The first kappa shape index (κ1) is 21.0. The van der Waals surface area contributed by atoms with Crippen LogP contribution in [0.5, 0.6) is 0 Å². The van der Waals surface area contributed by atoms with Gasteiger partial charge >= 0.3 is 11.9 Å². The fourth-order valence-electron chi connectivity index (χ4n) is 3.42. The molecule has 1 aliphatic carbocycles. The third-order valence-electron chi connectivity index (χ3n) is 4.99. The molecule has 0 unspecified atom stereocenters. The van der Waals surface area contributed by atoms with E-state index in [1.165, 1.54) is 21.8 Å². The largest absolute Gasteiger partial charge is 0.462 e. The number of hydrogen-bond acceptors (Lipinski definition) is 6. The van der Waals surface area contributed by atoms with Gasteiger partial charge in [-0.1, -0.05) is 25.5 Å². The smallest absolute Gasteiger partial charge is 0.348 e. The van der Waals surface area contributed by atoms with E-state index in [0.29, 0.717) is 16.5 Å². The molecule has 0 saturated carbocycles. The molecule has 0 spiro atoms. The average molecular weight is 416 g/mol. The number of esters is 2. The van der Waals surface area contributed by atoms with Gasteiger partial charge in [0.25, 0.3) is 5.91 Å². The number of carbonyl (C=O) groups is 3. The molecule has 1 heterocycles. The van der Waals surface area contributed by atoms with Gasteiger partial charge in [0.1, 0.15) is 4.88 Å². The van der Waals surface area contributed by atoms with E-state index in [1.807, 2.05) is 6.07 Å². The van der Waals surface area contributed by atoms with Crippen molar-refractivity contribution >= 4 is 34.9 Å². The molecule has 1 aromatic heterocycles. The van der Waals surface area contributed by atoms with Gasteiger partial charge in [-0.2, -0.15) is 0 Å². The van der Waals surface area contributed by atoms with Crippen molar-refractivity contribution in [3.05, 3.63) is 51.2 Å². The molecule has 3 rings (SSSR count). The van der Waals surface area contributed by atoms with Gasteiger partial charge in [-0.25, -0.2) is 9.59 Å². The fraction of sp³-hybridized carbons (Fsp3) is 0.409. The maximum atomic E-state index is 12.4. The van der Waals surface area contributed by atoms with Crippen molar-refractivity contribution in [2.24, 2.45) is 5.92 Å². The van der Waals surface area contributed by atoms with Gasteiger partial charge in [0.05, 0.1) is 17.9 Å². The quantitative estimate of drug-likeness (QED) is 0.684. The predicted octanol–water partition coefficient (Wildman–Crippen LogP) is 4.24. The van der Waals surface area contributed by atoms with Crippen LogP contribution >= 0.6 is 11.3 Å². The van der Waals surface area contributed by atoms with Crippen LogP contribution in [0.25, 0.3) is 0 Å². The maximum Gasteiger partial charge on any atom is 0.348 e. The zero-order valence-corrected chi connectivity index (χ0v) is 17.5. The summed E-state index contributed by atoms with van der Waals surface area (Å²) in [5.41, 5.74) is 1.81. The van der Waals surface area contributed by atoms with E-state index in [2.05, 4.69) is 12.2 Å². The lowest BCUT2D eigenvalue weighted by atomic mass is 9.87. The number of benzene rings is 1. The molecule has 154 valence electrons. The van der Waals surface area contributed by atoms with Crippen LogP contribution < -0.4 is 5.32 Å². The van der Waals surface area contributed by atoms with Crippen molar-refractivity contribution in [1.29, 1.82) is 0 Å². The Kier molecular flexibility index (Phi) is 7.04. The molecule has 1 N–H and O–H groups in total. The number of amides is 1. The predicted molar refractivity (Wildman–Crippen MR) is 111 cm³/mol. The summed E-state index contributed by atoms with van der Waals surface area (Å²) >= 11 is 1.46. The lowest BCUT2D eigenvalue weighted by Gasteiger charge is -2.19. The van der Waals surface area contributed by atoms with E-state index < -0.39 is 24.5 Å². The summed E-state index contributed by atoms with van der Waals surface area (Å²) in [6.07, 6.45) is 4.29. The monoisotopic (exact) mass is 415 g/mol. The van der Waals surface area contributed by atoms with Crippen molar-refractivity contribution in [2.75, 3.05) is 18.5 Å². The van der Waals surface area contributed by atoms with Gasteiger partial charge in [-0.15, -0.1) is 11.3 Å². The summed E-state index contributed by atoms with van der Waals surface area (Å²) in [7, 11) is 0. The lowest BCUT2D eigenvalue weighted by molar-refractivity contribution is -0.119. The van der Waals surface area contributed by atoms with Crippen LogP contribution in [0.3, 0.4) is 0 Å². The first-order chi connectivity index (χ1) is 14.0. The minimum Gasteiger partial charge on any atom is -0.462 e. The molecule has 0 saturated heterocycles. The average Bonchev–Trinajstić information content (AvgIpc) is 3.16. The number of nitrogens with one attached hydrogen (secondary N) is 1. The van der Waals surface area contributed by atoms with Crippen molar-refractivity contribution in [2.45, 2.75) is 39.5 Å². The molecule has 0 aliphatic heterocycles.